The molecule has 4 N–H and O–H groups in total. The second kappa shape index (κ2) is 13.9. The summed E-state index contributed by atoms with van der Waals surface area (Å²) in [4.78, 5) is 28.0. The van der Waals surface area contributed by atoms with Gasteiger partial charge in [0.15, 0.2) is 17.3 Å². The third-order valence-electron chi connectivity index (χ3n) is 8.86. The lowest BCUT2D eigenvalue weighted by molar-refractivity contribution is 0.102. The van der Waals surface area contributed by atoms with Gasteiger partial charge in [0.2, 0.25) is 0 Å². The number of carbonyl (C=O) groups is 1. The minimum atomic E-state index is -2.92. The van der Waals surface area contributed by atoms with Gasteiger partial charge >= 0.3 is 0 Å². The summed E-state index contributed by atoms with van der Waals surface area (Å²) in [5.74, 6) is -0.973. The molecular weight excluding hydrogens is 675 g/mol. The van der Waals surface area contributed by atoms with Gasteiger partial charge < -0.3 is 21.1 Å². The number of fused-ring (bicyclic) bond motifs is 2. The number of amides is 1. The standard InChI is InChI=1S/C34H33Cl2F2N9O2/c1-39-22-9-4-11-47-27(22)14-26(45-47)34(49)43-24-8-3-6-21(29(24)36)20-5-2-7-23(28(20)35)41-32-30-25(42-33(44-32)31(37)38)13-18(15-40-30)16-46-12-10-19(48)17-46/h2-3,5-8,13-15,19,22,31,39,48H,4,9-12,16-17H2,1H3,(H,43,49)(H,41,42,44)/t19-,22+/m1/s1. The molecule has 0 unspecified atom stereocenters. The smallest absolute Gasteiger partial charge is 0.297 e. The third-order valence-corrected chi connectivity index (χ3v) is 9.67. The van der Waals surface area contributed by atoms with Crippen molar-refractivity contribution in [3.63, 3.8) is 0 Å². The van der Waals surface area contributed by atoms with Crippen LogP contribution in [0.15, 0.2) is 54.7 Å². The highest BCUT2D eigenvalue weighted by atomic mass is 35.5. The fraction of sp³-hybridized carbons (Fsp3) is 0.324. The highest BCUT2D eigenvalue weighted by Gasteiger charge is 2.25. The number of benzene rings is 2. The first-order chi connectivity index (χ1) is 23.7. The van der Waals surface area contributed by atoms with E-state index in [1.54, 1.807) is 54.7 Å². The number of nitrogens with zero attached hydrogens (tertiary/aromatic N) is 6. The summed E-state index contributed by atoms with van der Waals surface area (Å²) >= 11 is 13.8. The van der Waals surface area contributed by atoms with Crippen LogP contribution in [-0.4, -0.2) is 66.9 Å². The van der Waals surface area contributed by atoms with Crippen molar-refractivity contribution in [2.75, 3.05) is 30.8 Å². The van der Waals surface area contributed by atoms with Crippen molar-refractivity contribution in [3.8, 4) is 11.1 Å². The van der Waals surface area contributed by atoms with Crippen LogP contribution in [0.3, 0.4) is 0 Å². The molecular formula is C34H33Cl2F2N9O2. The van der Waals surface area contributed by atoms with Crippen LogP contribution >= 0.6 is 23.2 Å². The van der Waals surface area contributed by atoms with Crippen LogP contribution < -0.4 is 16.0 Å². The van der Waals surface area contributed by atoms with Crippen LogP contribution in [0, 0.1) is 0 Å². The number of alkyl halides is 2. The Bertz CT molecular complexity index is 2040. The highest BCUT2D eigenvalue weighted by molar-refractivity contribution is 6.39. The van der Waals surface area contributed by atoms with E-state index in [4.69, 9.17) is 23.2 Å². The Morgan fingerprint density at radius 3 is 2.51 bits per heavy atom. The molecule has 3 aromatic heterocycles. The summed E-state index contributed by atoms with van der Waals surface area (Å²) in [6.07, 6.45) is 0.967. The predicted molar refractivity (Wildman–Crippen MR) is 185 cm³/mol. The molecule has 2 aliphatic heterocycles. The lowest BCUT2D eigenvalue weighted by Gasteiger charge is -2.22. The zero-order chi connectivity index (χ0) is 34.2. The predicted octanol–water partition coefficient (Wildman–Crippen LogP) is 6.75. The number of hydrogen-bond acceptors (Lipinski definition) is 9. The second-order valence-corrected chi connectivity index (χ2v) is 13.0. The molecule has 1 saturated heterocycles. The van der Waals surface area contributed by atoms with Crippen molar-refractivity contribution < 1.29 is 18.7 Å². The Hall–Kier alpha value is -4.27. The number of aryl methyl sites for hydroxylation is 1. The molecule has 0 spiro atoms. The van der Waals surface area contributed by atoms with E-state index in [1.807, 2.05) is 11.7 Å². The van der Waals surface area contributed by atoms with E-state index in [1.165, 1.54) is 0 Å². The summed E-state index contributed by atoms with van der Waals surface area (Å²) in [6.45, 7) is 2.52. The molecule has 49 heavy (non-hydrogen) atoms. The second-order valence-electron chi connectivity index (χ2n) is 12.2. The first kappa shape index (κ1) is 33.2. The van der Waals surface area contributed by atoms with Crippen molar-refractivity contribution in [1.82, 2.24) is 34.9 Å². The maximum Gasteiger partial charge on any atom is 0.297 e. The summed E-state index contributed by atoms with van der Waals surface area (Å²) in [6, 6.07) is 14.0. The van der Waals surface area contributed by atoms with Crippen LogP contribution in [0.25, 0.3) is 22.2 Å². The average Bonchev–Trinajstić information content (AvgIpc) is 3.72. The Labute approximate surface area is 290 Å². The van der Waals surface area contributed by atoms with Crippen molar-refractivity contribution >= 4 is 57.3 Å². The van der Waals surface area contributed by atoms with E-state index in [-0.39, 0.29) is 33.5 Å². The Kier molecular flexibility index (Phi) is 9.44. The van der Waals surface area contributed by atoms with E-state index >= 15 is 0 Å². The molecule has 0 saturated carbocycles. The number of rotatable bonds is 9. The Balaban J connectivity index is 1.16. The van der Waals surface area contributed by atoms with Gasteiger partial charge in [0.05, 0.1) is 38.7 Å². The molecule has 7 rings (SSSR count). The van der Waals surface area contributed by atoms with E-state index < -0.39 is 18.2 Å². The van der Waals surface area contributed by atoms with Crippen molar-refractivity contribution in [3.05, 3.63) is 87.5 Å². The molecule has 0 aliphatic carbocycles. The number of aliphatic hydroxyl groups is 1. The summed E-state index contributed by atoms with van der Waals surface area (Å²) in [7, 11) is 1.89. The molecule has 254 valence electrons. The van der Waals surface area contributed by atoms with Gasteiger partial charge in [0, 0.05) is 49.5 Å². The third kappa shape index (κ3) is 6.81. The van der Waals surface area contributed by atoms with Crippen molar-refractivity contribution in [2.45, 2.75) is 50.9 Å². The summed E-state index contributed by atoms with van der Waals surface area (Å²) < 4.78 is 29.7. The summed E-state index contributed by atoms with van der Waals surface area (Å²) in [5.41, 5.74) is 4.42. The van der Waals surface area contributed by atoms with Gasteiger partial charge in [-0.05, 0) is 56.1 Å². The van der Waals surface area contributed by atoms with Crippen molar-refractivity contribution in [1.29, 1.82) is 0 Å². The SMILES string of the molecule is CN[C@H]1CCCn2nc(C(=O)Nc3cccc(-c4cccc(Nc5nc(C(F)F)nc6cc(CN7CC[C@@H](O)C7)cnc56)c4Cl)c3Cl)cc21. The molecule has 5 aromatic rings. The number of likely N-dealkylation sites (tertiary alicyclic amines) is 1. The van der Waals surface area contributed by atoms with Crippen LogP contribution in [0.1, 0.15) is 59.3 Å². The molecule has 1 amide bonds. The zero-order valence-electron chi connectivity index (χ0n) is 26.4. The Morgan fingerprint density at radius 1 is 1.04 bits per heavy atom. The van der Waals surface area contributed by atoms with E-state index in [9.17, 15) is 18.7 Å². The number of pyridine rings is 1. The Morgan fingerprint density at radius 2 is 1.80 bits per heavy atom. The van der Waals surface area contributed by atoms with Crippen LogP contribution in [0.5, 0.6) is 0 Å². The minimum absolute atomic E-state index is 0.0675. The zero-order valence-corrected chi connectivity index (χ0v) is 27.9. The molecule has 11 nitrogen and oxygen atoms in total. The quantitative estimate of drug-likeness (QED) is 0.131. The maximum atomic E-state index is 13.9. The number of aliphatic hydroxyl groups excluding tert-OH is 1. The largest absolute Gasteiger partial charge is 0.392 e. The normalized spacial score (nSPS) is 17.9. The first-order valence-corrected chi connectivity index (χ1v) is 16.7. The van der Waals surface area contributed by atoms with Gasteiger partial charge in [-0.25, -0.2) is 18.7 Å². The average molecular weight is 709 g/mol. The van der Waals surface area contributed by atoms with Crippen LogP contribution in [0.4, 0.5) is 26.0 Å². The topological polar surface area (TPSA) is 133 Å². The molecule has 15 heteroatoms. The van der Waals surface area contributed by atoms with Gasteiger partial charge in [-0.15, -0.1) is 0 Å². The number of halogens is 4. The van der Waals surface area contributed by atoms with Gasteiger partial charge in [0.1, 0.15) is 5.52 Å². The molecule has 5 heterocycles. The fourth-order valence-electron chi connectivity index (χ4n) is 6.44. The molecule has 0 bridgehead atoms. The maximum absolute atomic E-state index is 13.9. The van der Waals surface area contributed by atoms with E-state index in [0.29, 0.717) is 53.2 Å². The molecule has 2 aliphatic rings. The molecule has 2 aromatic carbocycles. The molecule has 0 radical (unpaired) electrons. The summed E-state index contributed by atoms with van der Waals surface area (Å²) in [5, 5.41) is 24.1. The number of hydrogen-bond donors (Lipinski definition) is 4. The lowest BCUT2D eigenvalue weighted by atomic mass is 10.0. The van der Waals surface area contributed by atoms with Crippen LogP contribution in [-0.2, 0) is 13.1 Å². The number of carbonyl (C=O) groups excluding carboxylic acids is 1. The van der Waals surface area contributed by atoms with Crippen LogP contribution in [0.2, 0.25) is 10.0 Å². The van der Waals surface area contributed by atoms with Gasteiger partial charge in [-0.3, -0.25) is 19.4 Å². The lowest BCUT2D eigenvalue weighted by Crippen LogP contribution is -2.24. The minimum Gasteiger partial charge on any atom is -0.392 e. The molecule has 2 atom stereocenters. The van der Waals surface area contributed by atoms with Gasteiger partial charge in [-0.1, -0.05) is 47.5 Å². The number of anilines is 3. The monoisotopic (exact) mass is 707 g/mol. The number of β-amino-alcohol motifs (C(OH)–C–C–N with tert-alkyl or cyclic N) is 1. The number of aromatic nitrogens is 5. The fourth-order valence-corrected chi connectivity index (χ4v) is 6.99. The van der Waals surface area contributed by atoms with Gasteiger partial charge in [-0.2, -0.15) is 5.10 Å². The molecule has 1 fully saturated rings. The van der Waals surface area contributed by atoms with Gasteiger partial charge in [0.25, 0.3) is 12.3 Å². The van der Waals surface area contributed by atoms with E-state index in [0.717, 1.165) is 37.2 Å². The number of nitrogens with one attached hydrogen (secondary N) is 3. The van der Waals surface area contributed by atoms with E-state index in [2.05, 4.69) is 40.9 Å². The van der Waals surface area contributed by atoms with Crippen molar-refractivity contribution in [2.24, 2.45) is 0 Å². The first-order valence-electron chi connectivity index (χ1n) is 15.9. The highest BCUT2D eigenvalue weighted by Crippen LogP contribution is 2.41.